The minimum absolute atomic E-state index is 0.345. The highest BCUT2D eigenvalue weighted by atomic mass is 35.5. The molecule has 0 unspecified atom stereocenters. The van der Waals surface area contributed by atoms with Gasteiger partial charge in [0.15, 0.2) is 0 Å². The van der Waals surface area contributed by atoms with Gasteiger partial charge in [-0.1, -0.05) is 119 Å². The zero-order chi connectivity index (χ0) is 21.9. The highest BCUT2D eigenvalue weighted by Crippen LogP contribution is 2.42. The van der Waals surface area contributed by atoms with Crippen LogP contribution in [0.5, 0.6) is 0 Å². The van der Waals surface area contributed by atoms with Gasteiger partial charge >= 0.3 is 0 Å². The number of unbranched alkanes of at least 4 members (excludes halogenated alkanes) is 3. The molecule has 0 N–H and O–H groups in total. The zero-order valence-corrected chi connectivity index (χ0v) is 21.7. The molecule has 1 aliphatic carbocycles. The summed E-state index contributed by atoms with van der Waals surface area (Å²) >= 11 is 5.45. The Morgan fingerprint density at radius 1 is 0.935 bits per heavy atom. The lowest BCUT2D eigenvalue weighted by Crippen LogP contribution is -2.28. The third kappa shape index (κ3) is 8.35. The van der Waals surface area contributed by atoms with Crippen LogP contribution in [-0.2, 0) is 6.42 Å². The van der Waals surface area contributed by atoms with Gasteiger partial charge in [-0.05, 0) is 49.0 Å². The van der Waals surface area contributed by atoms with Crippen molar-refractivity contribution in [1.29, 1.82) is 0 Å². The Morgan fingerprint density at radius 3 is 2.26 bits per heavy atom. The molecule has 1 aromatic carbocycles. The first-order chi connectivity index (χ1) is 15.2. The average Bonchev–Trinajstić information content (AvgIpc) is 2.83. The van der Waals surface area contributed by atoms with E-state index in [4.69, 9.17) is 11.6 Å². The lowest BCUT2D eigenvalue weighted by molar-refractivity contribution is 0.184. The number of hydrogen-bond acceptors (Lipinski definition) is 0. The number of hydrogen-bond donors (Lipinski definition) is 0. The first-order valence-electron chi connectivity index (χ1n) is 13.2. The molecule has 3 rings (SSSR count). The van der Waals surface area contributed by atoms with E-state index in [1.54, 1.807) is 31.0 Å². The molecule has 0 aromatic heterocycles. The van der Waals surface area contributed by atoms with Crippen molar-refractivity contribution < 1.29 is 4.39 Å². The summed E-state index contributed by atoms with van der Waals surface area (Å²) in [4.78, 5) is 0. The first-order valence-corrected chi connectivity index (χ1v) is 16.1. The summed E-state index contributed by atoms with van der Waals surface area (Å²) in [6.45, 7) is 2.33. The van der Waals surface area contributed by atoms with Crippen molar-refractivity contribution in [2.45, 2.75) is 109 Å². The van der Waals surface area contributed by atoms with E-state index < -0.39 is 0 Å². The Hall–Kier alpha value is -0.603. The summed E-state index contributed by atoms with van der Waals surface area (Å²) in [5.74, 6) is 2.76. The Balaban J connectivity index is 1.26. The second kappa shape index (κ2) is 13.8. The quantitative estimate of drug-likeness (QED) is 0.227. The fourth-order valence-corrected chi connectivity index (χ4v) is 9.89. The van der Waals surface area contributed by atoms with Crippen LogP contribution in [-0.4, -0.2) is 8.80 Å². The predicted octanol–water partition coefficient (Wildman–Crippen LogP) is 9.54. The van der Waals surface area contributed by atoms with Crippen LogP contribution in [0, 0.1) is 17.8 Å². The standard InChI is InChI=1S/C28H44ClFSi/c1-2-3-6-19-31-20-17-26(18-21-31)25-13-9-23(10-14-25)7-4-5-8-24-11-15-27(16-12-24)28(30)22-29/h11-12,15-16,22-23,25-26,31H,2-10,13-14,17-21H2,1H3/b28-22-. The molecule has 0 spiro atoms. The maximum Gasteiger partial charge on any atom is 0.141 e. The van der Waals surface area contributed by atoms with E-state index in [1.165, 1.54) is 69.8 Å². The smallest absolute Gasteiger partial charge is 0.141 e. The Labute approximate surface area is 197 Å². The van der Waals surface area contributed by atoms with E-state index >= 15 is 0 Å². The molecule has 0 radical (unpaired) electrons. The van der Waals surface area contributed by atoms with Crippen LogP contribution in [0.4, 0.5) is 4.39 Å². The third-order valence-corrected chi connectivity index (χ3v) is 12.0. The van der Waals surface area contributed by atoms with Crippen molar-refractivity contribution in [3.05, 3.63) is 40.9 Å². The lowest BCUT2D eigenvalue weighted by atomic mass is 9.73. The number of halogens is 2. The van der Waals surface area contributed by atoms with Gasteiger partial charge in [-0.15, -0.1) is 0 Å². The van der Waals surface area contributed by atoms with Gasteiger partial charge < -0.3 is 0 Å². The topological polar surface area (TPSA) is 0 Å². The second-order valence-corrected chi connectivity index (χ2v) is 14.1. The molecule has 2 fully saturated rings. The second-order valence-electron chi connectivity index (χ2n) is 10.5. The van der Waals surface area contributed by atoms with E-state index in [1.807, 2.05) is 24.3 Å². The summed E-state index contributed by atoms with van der Waals surface area (Å²) in [5, 5.41) is 0. The van der Waals surface area contributed by atoms with Gasteiger partial charge in [0.2, 0.25) is 0 Å². The fraction of sp³-hybridized carbons (Fsp3) is 0.714. The first kappa shape index (κ1) is 25.0. The molecule has 2 aliphatic rings. The van der Waals surface area contributed by atoms with Crippen molar-refractivity contribution in [1.82, 2.24) is 0 Å². The third-order valence-electron chi connectivity index (χ3n) is 8.32. The van der Waals surface area contributed by atoms with E-state index in [-0.39, 0.29) is 14.6 Å². The molecule has 1 aromatic rings. The van der Waals surface area contributed by atoms with Crippen LogP contribution in [0.1, 0.15) is 95.1 Å². The molecule has 1 saturated heterocycles. The van der Waals surface area contributed by atoms with Crippen LogP contribution in [0.25, 0.3) is 5.83 Å². The van der Waals surface area contributed by atoms with Crippen LogP contribution in [0.15, 0.2) is 29.8 Å². The van der Waals surface area contributed by atoms with Crippen molar-refractivity contribution >= 4 is 26.2 Å². The summed E-state index contributed by atoms with van der Waals surface area (Å²) < 4.78 is 13.5. The molecule has 0 nitrogen and oxygen atoms in total. The number of rotatable bonds is 11. The molecule has 174 valence electrons. The van der Waals surface area contributed by atoms with E-state index in [2.05, 4.69) is 6.92 Å². The molecule has 1 aliphatic heterocycles. The molecule has 1 heterocycles. The van der Waals surface area contributed by atoms with E-state index in [0.29, 0.717) is 5.56 Å². The highest BCUT2D eigenvalue weighted by molar-refractivity contribution is 6.58. The molecular formula is C28H44ClFSi. The Bertz CT molecular complexity index is 639. The summed E-state index contributed by atoms with van der Waals surface area (Å²) in [6, 6.07) is 12.7. The van der Waals surface area contributed by atoms with Crippen LogP contribution < -0.4 is 0 Å². The normalized spacial score (nSPS) is 27.4. The maximum atomic E-state index is 13.5. The van der Waals surface area contributed by atoms with Gasteiger partial charge in [0, 0.05) is 19.9 Å². The zero-order valence-electron chi connectivity index (χ0n) is 19.8. The summed E-state index contributed by atoms with van der Waals surface area (Å²) in [6.07, 6.45) is 18.6. The number of benzene rings is 1. The molecule has 0 atom stereocenters. The minimum atomic E-state index is -0.356. The van der Waals surface area contributed by atoms with Gasteiger partial charge in [0.05, 0.1) is 0 Å². The Morgan fingerprint density at radius 2 is 1.61 bits per heavy atom. The molecular weight excluding hydrogens is 419 g/mol. The van der Waals surface area contributed by atoms with Crippen LogP contribution in [0.2, 0.25) is 18.1 Å². The number of aryl methyl sites for hydroxylation is 1. The molecule has 0 amide bonds. The van der Waals surface area contributed by atoms with Crippen molar-refractivity contribution in [2.24, 2.45) is 17.8 Å². The van der Waals surface area contributed by atoms with Crippen molar-refractivity contribution in [2.75, 3.05) is 0 Å². The maximum absolute atomic E-state index is 13.5. The summed E-state index contributed by atoms with van der Waals surface area (Å²) in [7, 11) is -0.345. The van der Waals surface area contributed by atoms with Gasteiger partial charge in [-0.2, -0.15) is 0 Å². The van der Waals surface area contributed by atoms with E-state index in [0.717, 1.165) is 29.7 Å². The summed E-state index contributed by atoms with van der Waals surface area (Å²) in [5.41, 5.74) is 2.89. The Kier molecular flexibility index (Phi) is 11.2. The molecule has 0 bridgehead atoms. The van der Waals surface area contributed by atoms with E-state index in [9.17, 15) is 4.39 Å². The molecule has 3 heteroatoms. The lowest BCUT2D eigenvalue weighted by Gasteiger charge is -2.37. The van der Waals surface area contributed by atoms with Gasteiger partial charge in [0.25, 0.3) is 0 Å². The molecule has 1 saturated carbocycles. The average molecular weight is 463 g/mol. The van der Waals surface area contributed by atoms with Crippen LogP contribution >= 0.6 is 11.6 Å². The van der Waals surface area contributed by atoms with Crippen molar-refractivity contribution in [3.8, 4) is 0 Å². The minimum Gasteiger partial charge on any atom is -0.205 e. The fourth-order valence-electron chi connectivity index (χ4n) is 6.24. The van der Waals surface area contributed by atoms with Gasteiger partial charge in [-0.25, -0.2) is 4.39 Å². The SMILES string of the molecule is CCCCC[SiH]1CCC(C2CCC(CCCCc3ccc(/C(F)=C/Cl)cc3)CC2)CC1. The predicted molar refractivity (Wildman–Crippen MR) is 138 cm³/mol. The van der Waals surface area contributed by atoms with Gasteiger partial charge in [-0.3, -0.25) is 0 Å². The van der Waals surface area contributed by atoms with Crippen molar-refractivity contribution in [3.63, 3.8) is 0 Å². The largest absolute Gasteiger partial charge is 0.205 e. The van der Waals surface area contributed by atoms with Crippen LogP contribution in [0.3, 0.4) is 0 Å². The monoisotopic (exact) mass is 462 g/mol. The highest BCUT2D eigenvalue weighted by Gasteiger charge is 2.30. The van der Waals surface area contributed by atoms with Gasteiger partial charge in [0.1, 0.15) is 5.83 Å². The molecule has 31 heavy (non-hydrogen) atoms.